The summed E-state index contributed by atoms with van der Waals surface area (Å²) in [5, 5.41) is 11.4. The smallest absolute Gasteiger partial charge is 0.292 e. The Hall–Kier alpha value is -2.83. The maximum Gasteiger partial charge on any atom is 0.292 e. The lowest BCUT2D eigenvalue weighted by atomic mass is 9.76. The Balaban J connectivity index is 1.67. The van der Waals surface area contributed by atoms with Crippen molar-refractivity contribution in [2.24, 2.45) is 16.4 Å². The fourth-order valence-corrected chi connectivity index (χ4v) is 3.95. The van der Waals surface area contributed by atoms with Crippen LogP contribution < -0.4 is 14.9 Å². The summed E-state index contributed by atoms with van der Waals surface area (Å²) in [6, 6.07) is 5.42. The Kier molecular flexibility index (Phi) is 6.25. The molecule has 1 aliphatic rings. The lowest BCUT2D eigenvalue weighted by Gasteiger charge is -2.28. The molecule has 1 aromatic carbocycles. The monoisotopic (exact) mass is 398 g/mol. The summed E-state index contributed by atoms with van der Waals surface area (Å²) in [6.45, 7) is 6.77. The van der Waals surface area contributed by atoms with Gasteiger partial charge in [0, 0.05) is 11.3 Å². The molecule has 1 heterocycles. The first-order valence-electron chi connectivity index (χ1n) is 9.92. The summed E-state index contributed by atoms with van der Waals surface area (Å²) >= 11 is 0. The van der Waals surface area contributed by atoms with Crippen molar-refractivity contribution in [3.05, 3.63) is 40.7 Å². The van der Waals surface area contributed by atoms with Gasteiger partial charge in [0.15, 0.2) is 17.2 Å². The summed E-state index contributed by atoms with van der Waals surface area (Å²) in [4.78, 5) is 12.6. The van der Waals surface area contributed by atoms with Gasteiger partial charge in [0.1, 0.15) is 0 Å². The molecule has 2 N–H and O–H groups in total. The number of carbonyl (C=O) groups is 1. The number of aromatic amines is 1. The van der Waals surface area contributed by atoms with Gasteiger partial charge >= 0.3 is 0 Å². The average Bonchev–Trinajstić information content (AvgIpc) is 3.09. The molecule has 7 nitrogen and oxygen atoms in total. The van der Waals surface area contributed by atoms with Crippen LogP contribution >= 0.6 is 0 Å². The molecule has 1 aromatic heterocycles. The zero-order valence-electron chi connectivity index (χ0n) is 17.8. The summed E-state index contributed by atoms with van der Waals surface area (Å²) in [6.07, 6.45) is 5.65. The quantitative estimate of drug-likeness (QED) is 0.573. The van der Waals surface area contributed by atoms with E-state index in [1.807, 2.05) is 6.07 Å². The van der Waals surface area contributed by atoms with E-state index in [0.717, 1.165) is 42.5 Å². The number of methoxy groups -OCH3 is 2. The molecule has 0 spiro atoms. The van der Waals surface area contributed by atoms with Gasteiger partial charge in [0.2, 0.25) is 0 Å². The van der Waals surface area contributed by atoms with E-state index in [1.54, 1.807) is 32.6 Å². The topological polar surface area (TPSA) is 88.6 Å². The molecule has 29 heavy (non-hydrogen) atoms. The standard InChI is InChI=1S/C22H30N4O3/c1-22(2,3)12-14-6-8-17-16(10-14)20(25-24-17)21(27)26-23-13-15-7-9-18(28-4)19(11-15)29-5/h7,9,11,13-14H,6,8,10,12H2,1-5H3,(H,24,25)(H,26,27)/b23-13-/t14-/m0/s1. The minimum absolute atomic E-state index is 0.276. The number of hydrogen-bond donors (Lipinski definition) is 2. The van der Waals surface area contributed by atoms with Crippen molar-refractivity contribution < 1.29 is 14.3 Å². The second kappa shape index (κ2) is 8.68. The van der Waals surface area contributed by atoms with Crippen molar-refractivity contribution >= 4 is 12.1 Å². The van der Waals surface area contributed by atoms with E-state index >= 15 is 0 Å². The third-order valence-electron chi connectivity index (χ3n) is 5.15. The first-order valence-corrected chi connectivity index (χ1v) is 9.92. The number of hydrazone groups is 1. The predicted molar refractivity (Wildman–Crippen MR) is 113 cm³/mol. The molecule has 0 aliphatic heterocycles. The number of nitrogens with one attached hydrogen (secondary N) is 2. The van der Waals surface area contributed by atoms with E-state index < -0.39 is 0 Å². The van der Waals surface area contributed by atoms with E-state index in [1.165, 1.54) is 0 Å². The van der Waals surface area contributed by atoms with Crippen molar-refractivity contribution in [2.75, 3.05) is 14.2 Å². The van der Waals surface area contributed by atoms with Crippen LogP contribution in [0.5, 0.6) is 11.5 Å². The van der Waals surface area contributed by atoms with E-state index in [-0.39, 0.29) is 11.3 Å². The van der Waals surface area contributed by atoms with E-state index in [4.69, 9.17) is 9.47 Å². The van der Waals surface area contributed by atoms with Crippen LogP contribution in [-0.2, 0) is 12.8 Å². The lowest BCUT2D eigenvalue weighted by molar-refractivity contribution is 0.0948. The normalized spacial score (nSPS) is 16.5. The summed E-state index contributed by atoms with van der Waals surface area (Å²) in [5.41, 5.74) is 6.21. The third-order valence-corrected chi connectivity index (χ3v) is 5.15. The van der Waals surface area contributed by atoms with Gasteiger partial charge in [-0.05, 0) is 60.8 Å². The van der Waals surface area contributed by atoms with Gasteiger partial charge in [-0.25, -0.2) is 5.43 Å². The minimum atomic E-state index is -0.296. The number of ether oxygens (including phenoxy) is 2. The molecule has 0 saturated heterocycles. The second-order valence-electron chi connectivity index (χ2n) is 8.72. The van der Waals surface area contributed by atoms with Gasteiger partial charge in [-0.3, -0.25) is 9.89 Å². The van der Waals surface area contributed by atoms with Crippen LogP contribution in [-0.4, -0.2) is 36.5 Å². The van der Waals surface area contributed by atoms with Crippen LogP contribution in [0.15, 0.2) is 23.3 Å². The summed E-state index contributed by atoms with van der Waals surface area (Å²) < 4.78 is 10.5. The summed E-state index contributed by atoms with van der Waals surface area (Å²) in [5.74, 6) is 1.52. The molecule has 1 atom stereocenters. The number of fused-ring (bicyclic) bond motifs is 1. The third kappa shape index (κ3) is 5.16. The number of H-pyrrole nitrogens is 1. The van der Waals surface area contributed by atoms with Crippen molar-refractivity contribution in [3.63, 3.8) is 0 Å². The van der Waals surface area contributed by atoms with Gasteiger partial charge in [-0.15, -0.1) is 0 Å². The van der Waals surface area contributed by atoms with Crippen LogP contribution in [0.4, 0.5) is 0 Å². The fraction of sp³-hybridized carbons (Fsp3) is 0.500. The number of nitrogens with zero attached hydrogens (tertiary/aromatic N) is 2. The molecule has 156 valence electrons. The minimum Gasteiger partial charge on any atom is -0.493 e. The molecule has 1 aliphatic carbocycles. The van der Waals surface area contributed by atoms with Crippen molar-refractivity contribution in [2.45, 2.75) is 46.5 Å². The van der Waals surface area contributed by atoms with Crippen molar-refractivity contribution in [1.82, 2.24) is 15.6 Å². The van der Waals surface area contributed by atoms with Crippen LogP contribution in [0, 0.1) is 11.3 Å². The van der Waals surface area contributed by atoms with E-state index in [0.29, 0.717) is 23.1 Å². The fourth-order valence-electron chi connectivity index (χ4n) is 3.95. The number of benzene rings is 1. The highest BCUT2D eigenvalue weighted by atomic mass is 16.5. The van der Waals surface area contributed by atoms with Gasteiger partial charge in [0.05, 0.1) is 20.4 Å². The highest BCUT2D eigenvalue weighted by Crippen LogP contribution is 2.34. The van der Waals surface area contributed by atoms with Gasteiger partial charge in [-0.1, -0.05) is 20.8 Å². The molecule has 7 heteroatoms. The Morgan fingerprint density at radius 3 is 2.76 bits per heavy atom. The molecule has 0 radical (unpaired) electrons. The van der Waals surface area contributed by atoms with Gasteiger partial charge < -0.3 is 9.47 Å². The Bertz CT molecular complexity index is 896. The second-order valence-corrected chi connectivity index (χ2v) is 8.72. The Morgan fingerprint density at radius 1 is 1.31 bits per heavy atom. The number of carbonyl (C=O) groups excluding carboxylic acids is 1. The van der Waals surface area contributed by atoms with Gasteiger partial charge in [-0.2, -0.15) is 10.2 Å². The highest BCUT2D eigenvalue weighted by Gasteiger charge is 2.29. The van der Waals surface area contributed by atoms with E-state index in [2.05, 4.69) is 41.5 Å². The Morgan fingerprint density at radius 2 is 2.07 bits per heavy atom. The molecule has 0 saturated carbocycles. The van der Waals surface area contributed by atoms with Crippen molar-refractivity contribution in [3.8, 4) is 11.5 Å². The van der Waals surface area contributed by atoms with Crippen LogP contribution in [0.1, 0.15) is 60.9 Å². The van der Waals surface area contributed by atoms with Crippen LogP contribution in [0.3, 0.4) is 0 Å². The average molecular weight is 399 g/mol. The molecular weight excluding hydrogens is 368 g/mol. The number of aryl methyl sites for hydroxylation is 1. The van der Waals surface area contributed by atoms with Gasteiger partial charge in [0.25, 0.3) is 5.91 Å². The highest BCUT2D eigenvalue weighted by molar-refractivity contribution is 5.94. The first kappa shape index (κ1) is 20.9. The SMILES string of the molecule is COc1ccc(/C=N\NC(=O)c2n[nH]c3c2C[C@@H](CC(C)(C)C)CC3)cc1OC. The zero-order chi connectivity index (χ0) is 21.0. The molecule has 2 aromatic rings. The maximum absolute atomic E-state index is 12.6. The molecule has 0 bridgehead atoms. The largest absolute Gasteiger partial charge is 0.493 e. The zero-order valence-corrected chi connectivity index (χ0v) is 17.8. The lowest BCUT2D eigenvalue weighted by Crippen LogP contribution is -2.24. The molecule has 0 unspecified atom stereocenters. The predicted octanol–water partition coefficient (Wildman–Crippen LogP) is 3.73. The maximum atomic E-state index is 12.6. The number of amides is 1. The van der Waals surface area contributed by atoms with E-state index in [9.17, 15) is 4.79 Å². The number of hydrogen-bond acceptors (Lipinski definition) is 5. The number of rotatable bonds is 6. The summed E-state index contributed by atoms with van der Waals surface area (Å²) in [7, 11) is 3.16. The molecular formula is C22H30N4O3. The van der Waals surface area contributed by atoms with Crippen molar-refractivity contribution in [1.29, 1.82) is 0 Å². The number of aromatic nitrogens is 2. The Labute approximate surface area is 171 Å². The molecule has 1 amide bonds. The first-order chi connectivity index (χ1) is 13.8. The molecule has 0 fully saturated rings. The molecule has 3 rings (SSSR count). The van der Waals surface area contributed by atoms with Crippen LogP contribution in [0.25, 0.3) is 0 Å². The van der Waals surface area contributed by atoms with Crippen LogP contribution in [0.2, 0.25) is 0 Å².